The fourth-order valence-electron chi connectivity index (χ4n) is 2.04. The number of carbonyl (C=O) groups is 1. The number of rotatable bonds is 4. The second-order valence-corrected chi connectivity index (χ2v) is 4.74. The number of aromatic nitrogens is 3. The van der Waals surface area contributed by atoms with E-state index in [1.54, 1.807) is 6.92 Å². The second-order valence-electron chi connectivity index (χ2n) is 4.74. The normalized spacial score (nSPS) is 10.4. The maximum atomic E-state index is 12.0. The quantitative estimate of drug-likeness (QED) is 0.799. The third-order valence-corrected chi connectivity index (χ3v) is 3.22. The molecule has 0 aliphatic carbocycles. The Hall–Kier alpha value is -3.02. The van der Waals surface area contributed by atoms with E-state index in [-0.39, 0.29) is 5.91 Å². The molecular formula is C16H14N4O2. The fraction of sp³-hybridized carbons (Fsp3) is 0.125. The van der Waals surface area contributed by atoms with Gasteiger partial charge in [0.05, 0.1) is 24.1 Å². The minimum Gasteiger partial charge on any atom is -0.361 e. The first-order valence-electron chi connectivity index (χ1n) is 6.80. The van der Waals surface area contributed by atoms with Gasteiger partial charge >= 0.3 is 0 Å². The summed E-state index contributed by atoms with van der Waals surface area (Å²) >= 11 is 0. The molecule has 0 radical (unpaired) electrons. The molecule has 0 atom stereocenters. The highest BCUT2D eigenvalue weighted by molar-refractivity contribution is 5.94. The number of amides is 1. The monoisotopic (exact) mass is 294 g/mol. The van der Waals surface area contributed by atoms with Crippen molar-refractivity contribution in [1.82, 2.24) is 20.4 Å². The van der Waals surface area contributed by atoms with Crippen molar-refractivity contribution < 1.29 is 9.32 Å². The number of hydrogen-bond donors (Lipinski definition) is 1. The Morgan fingerprint density at radius 3 is 2.77 bits per heavy atom. The molecule has 22 heavy (non-hydrogen) atoms. The van der Waals surface area contributed by atoms with E-state index in [9.17, 15) is 4.79 Å². The summed E-state index contributed by atoms with van der Waals surface area (Å²) in [4.78, 5) is 20.4. The number of nitrogens with one attached hydrogen (secondary N) is 1. The maximum absolute atomic E-state index is 12.0. The van der Waals surface area contributed by atoms with Crippen LogP contribution in [-0.4, -0.2) is 21.0 Å². The lowest BCUT2D eigenvalue weighted by Gasteiger charge is -2.05. The van der Waals surface area contributed by atoms with Gasteiger partial charge in [0, 0.05) is 5.56 Å². The first kappa shape index (κ1) is 13.9. The SMILES string of the molecule is Cc1oncc1C(=O)NCc1cc(-c2ccccc2)ncn1. The van der Waals surface area contributed by atoms with Crippen LogP contribution >= 0.6 is 0 Å². The van der Waals surface area contributed by atoms with Crippen LogP contribution in [0.3, 0.4) is 0 Å². The smallest absolute Gasteiger partial charge is 0.256 e. The van der Waals surface area contributed by atoms with Crippen molar-refractivity contribution in [3.63, 3.8) is 0 Å². The Bertz CT molecular complexity index is 784. The molecule has 0 saturated heterocycles. The van der Waals surface area contributed by atoms with Gasteiger partial charge in [-0.2, -0.15) is 0 Å². The van der Waals surface area contributed by atoms with Crippen molar-refractivity contribution in [2.45, 2.75) is 13.5 Å². The lowest BCUT2D eigenvalue weighted by atomic mass is 10.1. The predicted molar refractivity (Wildman–Crippen MR) is 79.9 cm³/mol. The van der Waals surface area contributed by atoms with Crippen LogP contribution in [0.5, 0.6) is 0 Å². The van der Waals surface area contributed by atoms with Gasteiger partial charge in [0.1, 0.15) is 17.7 Å². The van der Waals surface area contributed by atoms with E-state index < -0.39 is 0 Å². The molecule has 0 spiro atoms. The second kappa shape index (κ2) is 6.17. The zero-order chi connectivity index (χ0) is 15.4. The van der Waals surface area contributed by atoms with Crippen LogP contribution in [0.2, 0.25) is 0 Å². The molecule has 6 nitrogen and oxygen atoms in total. The van der Waals surface area contributed by atoms with Crippen molar-refractivity contribution >= 4 is 5.91 Å². The minimum absolute atomic E-state index is 0.237. The first-order valence-corrected chi connectivity index (χ1v) is 6.80. The highest BCUT2D eigenvalue weighted by atomic mass is 16.5. The zero-order valence-corrected chi connectivity index (χ0v) is 12.0. The summed E-state index contributed by atoms with van der Waals surface area (Å²) in [6, 6.07) is 11.7. The van der Waals surface area contributed by atoms with Crippen molar-refractivity contribution in [2.75, 3.05) is 0 Å². The highest BCUT2D eigenvalue weighted by Crippen LogP contribution is 2.16. The van der Waals surface area contributed by atoms with Crippen LogP contribution < -0.4 is 5.32 Å². The summed E-state index contributed by atoms with van der Waals surface area (Å²) in [6.45, 7) is 2.01. The fourth-order valence-corrected chi connectivity index (χ4v) is 2.04. The Morgan fingerprint density at radius 2 is 2.05 bits per heavy atom. The molecule has 1 amide bonds. The van der Waals surface area contributed by atoms with Crippen molar-refractivity contribution in [3.05, 3.63) is 65.9 Å². The first-order chi connectivity index (χ1) is 10.7. The number of carbonyl (C=O) groups excluding carboxylic acids is 1. The standard InChI is InChI=1S/C16H14N4O2/c1-11-14(9-20-22-11)16(21)17-8-13-7-15(19-10-18-13)12-5-3-2-4-6-12/h2-7,9-10H,8H2,1H3,(H,17,21). The summed E-state index contributed by atoms with van der Waals surface area (Å²) in [5.41, 5.74) is 2.99. The minimum atomic E-state index is -0.237. The highest BCUT2D eigenvalue weighted by Gasteiger charge is 2.12. The largest absolute Gasteiger partial charge is 0.361 e. The molecule has 1 aromatic carbocycles. The molecule has 0 bridgehead atoms. The van der Waals surface area contributed by atoms with Gasteiger partial charge in [0.2, 0.25) is 0 Å². The summed E-state index contributed by atoms with van der Waals surface area (Å²) in [7, 11) is 0. The molecule has 1 N–H and O–H groups in total. The third kappa shape index (κ3) is 3.01. The number of aryl methyl sites for hydroxylation is 1. The van der Waals surface area contributed by atoms with Crippen LogP contribution in [0.25, 0.3) is 11.3 Å². The van der Waals surface area contributed by atoms with Gasteiger partial charge in [0.25, 0.3) is 5.91 Å². The van der Waals surface area contributed by atoms with E-state index in [0.29, 0.717) is 17.9 Å². The molecule has 3 rings (SSSR count). The van der Waals surface area contributed by atoms with E-state index in [1.165, 1.54) is 12.5 Å². The van der Waals surface area contributed by atoms with Crippen LogP contribution in [-0.2, 0) is 6.54 Å². The Morgan fingerprint density at radius 1 is 1.23 bits per heavy atom. The zero-order valence-electron chi connectivity index (χ0n) is 12.0. The molecule has 0 fully saturated rings. The predicted octanol–water partition coefficient (Wildman–Crippen LogP) is 2.37. The average molecular weight is 294 g/mol. The van der Waals surface area contributed by atoms with Crippen LogP contribution in [0.1, 0.15) is 21.8 Å². The number of benzene rings is 1. The average Bonchev–Trinajstić information content (AvgIpc) is 3.00. The van der Waals surface area contributed by atoms with E-state index in [4.69, 9.17) is 4.52 Å². The Kier molecular flexibility index (Phi) is 3.91. The molecule has 6 heteroatoms. The lowest BCUT2D eigenvalue weighted by molar-refractivity contribution is 0.0949. The van der Waals surface area contributed by atoms with E-state index >= 15 is 0 Å². The summed E-state index contributed by atoms with van der Waals surface area (Å²) in [5.74, 6) is 0.254. The van der Waals surface area contributed by atoms with Crippen LogP contribution in [0, 0.1) is 6.92 Å². The summed E-state index contributed by atoms with van der Waals surface area (Å²) in [5, 5.41) is 6.38. The van der Waals surface area contributed by atoms with Gasteiger partial charge in [-0.15, -0.1) is 0 Å². The van der Waals surface area contributed by atoms with Gasteiger partial charge in [-0.25, -0.2) is 9.97 Å². The van der Waals surface area contributed by atoms with Crippen molar-refractivity contribution in [3.8, 4) is 11.3 Å². The van der Waals surface area contributed by atoms with Crippen LogP contribution in [0.4, 0.5) is 0 Å². The molecule has 110 valence electrons. The summed E-state index contributed by atoms with van der Waals surface area (Å²) in [6.07, 6.45) is 2.90. The third-order valence-electron chi connectivity index (χ3n) is 3.22. The van der Waals surface area contributed by atoms with E-state index in [0.717, 1.165) is 17.0 Å². The van der Waals surface area contributed by atoms with E-state index in [2.05, 4.69) is 20.4 Å². The van der Waals surface area contributed by atoms with Crippen LogP contribution in [0.15, 0.2) is 53.4 Å². The Labute approximate surface area is 127 Å². The maximum Gasteiger partial charge on any atom is 0.256 e. The lowest BCUT2D eigenvalue weighted by Crippen LogP contribution is -2.23. The number of hydrogen-bond acceptors (Lipinski definition) is 5. The molecule has 0 unspecified atom stereocenters. The molecule has 0 aliphatic rings. The van der Waals surface area contributed by atoms with E-state index in [1.807, 2.05) is 36.4 Å². The molecule has 0 aliphatic heterocycles. The van der Waals surface area contributed by atoms with Crippen molar-refractivity contribution in [2.24, 2.45) is 0 Å². The molecule has 2 aromatic heterocycles. The van der Waals surface area contributed by atoms with Gasteiger partial charge in [0.15, 0.2) is 0 Å². The van der Waals surface area contributed by atoms with Crippen molar-refractivity contribution in [1.29, 1.82) is 0 Å². The molecule has 2 heterocycles. The topological polar surface area (TPSA) is 80.9 Å². The van der Waals surface area contributed by atoms with Gasteiger partial charge in [-0.1, -0.05) is 35.5 Å². The Balaban J connectivity index is 1.71. The molecule has 3 aromatic rings. The molecular weight excluding hydrogens is 280 g/mol. The van der Waals surface area contributed by atoms with Gasteiger partial charge in [-0.3, -0.25) is 4.79 Å². The van der Waals surface area contributed by atoms with Gasteiger partial charge < -0.3 is 9.84 Å². The van der Waals surface area contributed by atoms with Gasteiger partial charge in [-0.05, 0) is 13.0 Å². The number of nitrogens with zero attached hydrogens (tertiary/aromatic N) is 3. The molecule has 0 saturated carbocycles. The summed E-state index contributed by atoms with van der Waals surface area (Å²) < 4.78 is 4.88.